The van der Waals surface area contributed by atoms with E-state index >= 15 is 0 Å². The lowest BCUT2D eigenvalue weighted by molar-refractivity contribution is -0.386. The van der Waals surface area contributed by atoms with E-state index in [1.807, 2.05) is 31.2 Å². The molecule has 1 heterocycles. The molecule has 27 heavy (non-hydrogen) atoms. The molecule has 1 aliphatic rings. The first-order chi connectivity index (χ1) is 12.8. The summed E-state index contributed by atoms with van der Waals surface area (Å²) < 4.78 is 10.4. The van der Waals surface area contributed by atoms with Crippen molar-refractivity contribution in [2.24, 2.45) is 5.41 Å². The Morgan fingerprint density at radius 3 is 2.41 bits per heavy atom. The molecule has 1 aliphatic carbocycles. The van der Waals surface area contributed by atoms with Gasteiger partial charge < -0.3 is 9.26 Å². The number of rotatable bonds is 6. The zero-order chi connectivity index (χ0) is 19.9. The molecule has 0 spiro atoms. The van der Waals surface area contributed by atoms with Crippen LogP contribution >= 0.6 is 0 Å². The van der Waals surface area contributed by atoms with Crippen molar-refractivity contribution in [3.63, 3.8) is 0 Å². The number of Topliss-reactive ketones (excluding diaryl/α,β-unsaturated/α-hetero) is 1. The minimum Gasteiger partial charge on any atom is -0.465 e. The smallest absolute Gasteiger partial charge is 0.334 e. The Labute approximate surface area is 155 Å². The molecule has 8 nitrogen and oxygen atoms in total. The molecule has 1 aromatic carbocycles. The lowest BCUT2D eigenvalue weighted by Crippen LogP contribution is -2.29. The van der Waals surface area contributed by atoms with Crippen LogP contribution in [0.3, 0.4) is 0 Å². The number of nitro groups is 1. The number of esters is 1. The van der Waals surface area contributed by atoms with Crippen LogP contribution in [0.5, 0.6) is 0 Å². The monoisotopic (exact) mass is 372 g/mol. The van der Waals surface area contributed by atoms with Crippen LogP contribution in [0.25, 0.3) is 0 Å². The van der Waals surface area contributed by atoms with Gasteiger partial charge in [-0.2, -0.15) is 0 Å². The summed E-state index contributed by atoms with van der Waals surface area (Å²) in [6, 6.07) is 7.35. The normalized spacial score (nSPS) is 23.7. The lowest BCUT2D eigenvalue weighted by Gasteiger charge is -2.13. The summed E-state index contributed by atoms with van der Waals surface area (Å²) in [6.07, 6.45) is 0. The number of hydrogen-bond acceptors (Lipinski definition) is 7. The predicted octanol–water partition coefficient (Wildman–Crippen LogP) is 3.22. The number of nitrogens with zero attached hydrogens (tertiary/aromatic N) is 2. The average molecular weight is 372 g/mol. The second kappa shape index (κ2) is 6.61. The fourth-order valence-corrected chi connectivity index (χ4v) is 3.87. The van der Waals surface area contributed by atoms with Crippen molar-refractivity contribution < 1.29 is 23.8 Å². The lowest BCUT2D eigenvalue weighted by atomic mass is 9.93. The molecule has 1 aromatic heterocycles. The molecule has 8 heteroatoms. The molecule has 1 fully saturated rings. The number of carbonyl (C=O) groups excluding carboxylic acids is 2. The van der Waals surface area contributed by atoms with E-state index in [9.17, 15) is 19.7 Å². The average Bonchev–Trinajstić information content (AvgIpc) is 3.16. The first kappa shape index (κ1) is 18.8. The number of aryl methyl sites for hydroxylation is 2. The van der Waals surface area contributed by atoms with Gasteiger partial charge in [0, 0.05) is 5.92 Å². The number of ketones is 1. The van der Waals surface area contributed by atoms with E-state index in [1.165, 1.54) is 13.8 Å². The number of benzene rings is 1. The van der Waals surface area contributed by atoms with E-state index in [0.717, 1.165) is 11.1 Å². The summed E-state index contributed by atoms with van der Waals surface area (Å²) in [4.78, 5) is 36.4. The highest BCUT2D eigenvalue weighted by atomic mass is 16.6. The van der Waals surface area contributed by atoms with Gasteiger partial charge in [-0.05, 0) is 33.3 Å². The Morgan fingerprint density at radius 2 is 1.89 bits per heavy atom. The van der Waals surface area contributed by atoms with Gasteiger partial charge in [0.15, 0.2) is 5.69 Å². The quantitative estimate of drug-likeness (QED) is 0.331. The van der Waals surface area contributed by atoms with Crippen LogP contribution < -0.4 is 0 Å². The van der Waals surface area contributed by atoms with Crippen LogP contribution in [0.2, 0.25) is 0 Å². The number of ether oxygens (including phenoxy) is 1. The summed E-state index contributed by atoms with van der Waals surface area (Å²) in [5, 5.41) is 15.2. The molecule has 0 radical (unpaired) electrons. The Morgan fingerprint density at radius 1 is 1.26 bits per heavy atom. The molecule has 2 aromatic rings. The van der Waals surface area contributed by atoms with Gasteiger partial charge in [-0.3, -0.25) is 19.7 Å². The molecule has 0 N–H and O–H groups in total. The molecule has 0 unspecified atom stereocenters. The fraction of sp³-hybridized carbons (Fsp3) is 0.421. The number of hydrogen-bond donors (Lipinski definition) is 0. The largest absolute Gasteiger partial charge is 0.465 e. The highest BCUT2D eigenvalue weighted by Crippen LogP contribution is 2.72. The van der Waals surface area contributed by atoms with E-state index < -0.39 is 33.9 Å². The van der Waals surface area contributed by atoms with Crippen LogP contribution in [-0.2, 0) is 14.3 Å². The van der Waals surface area contributed by atoms with E-state index in [0.29, 0.717) is 0 Å². The second-order valence-electron chi connectivity index (χ2n) is 6.75. The summed E-state index contributed by atoms with van der Waals surface area (Å²) in [5.41, 5.74) is -0.0169. The molecule has 0 bridgehead atoms. The van der Waals surface area contributed by atoms with E-state index in [2.05, 4.69) is 5.16 Å². The molecule has 3 atom stereocenters. The molecule has 3 rings (SSSR count). The molecule has 1 saturated carbocycles. The minimum absolute atomic E-state index is 0.0636. The maximum Gasteiger partial charge on any atom is 0.334 e. The third-order valence-corrected chi connectivity index (χ3v) is 5.16. The number of carbonyl (C=O) groups is 2. The van der Waals surface area contributed by atoms with Crippen LogP contribution in [0.15, 0.2) is 28.8 Å². The molecule has 0 amide bonds. The first-order valence-corrected chi connectivity index (χ1v) is 8.62. The van der Waals surface area contributed by atoms with Gasteiger partial charge in [-0.15, -0.1) is 0 Å². The van der Waals surface area contributed by atoms with Gasteiger partial charge in [0.05, 0.1) is 17.4 Å². The van der Waals surface area contributed by atoms with Gasteiger partial charge in [0.2, 0.25) is 5.76 Å². The topological polar surface area (TPSA) is 113 Å². The van der Waals surface area contributed by atoms with Crippen molar-refractivity contribution in [2.75, 3.05) is 6.61 Å². The Balaban J connectivity index is 2.19. The van der Waals surface area contributed by atoms with Gasteiger partial charge in [0.1, 0.15) is 11.2 Å². The molecule has 0 aliphatic heterocycles. The van der Waals surface area contributed by atoms with E-state index in [1.54, 1.807) is 6.92 Å². The maximum atomic E-state index is 12.8. The van der Waals surface area contributed by atoms with Gasteiger partial charge in [-0.25, -0.2) is 0 Å². The minimum atomic E-state index is -1.55. The second-order valence-corrected chi connectivity index (χ2v) is 6.75. The zero-order valence-electron chi connectivity index (χ0n) is 15.5. The molecular weight excluding hydrogens is 352 g/mol. The molecular formula is C19H20N2O6. The molecule has 0 saturated heterocycles. The highest BCUT2D eigenvalue weighted by Gasteiger charge is 2.77. The van der Waals surface area contributed by atoms with Crippen LogP contribution in [0.1, 0.15) is 48.3 Å². The maximum absolute atomic E-state index is 12.8. The van der Waals surface area contributed by atoms with Gasteiger partial charge in [0.25, 0.3) is 0 Å². The fourth-order valence-electron chi connectivity index (χ4n) is 3.87. The van der Waals surface area contributed by atoms with Crippen LogP contribution in [-0.4, -0.2) is 28.4 Å². The Bertz CT molecular complexity index is 917. The summed E-state index contributed by atoms with van der Waals surface area (Å²) in [6.45, 7) is 6.41. The van der Waals surface area contributed by atoms with Crippen molar-refractivity contribution >= 4 is 17.4 Å². The third-order valence-electron chi connectivity index (χ3n) is 5.16. The Hall–Kier alpha value is -3.03. The van der Waals surface area contributed by atoms with E-state index in [-0.39, 0.29) is 23.7 Å². The van der Waals surface area contributed by atoms with Crippen LogP contribution in [0, 0.1) is 29.4 Å². The van der Waals surface area contributed by atoms with E-state index in [4.69, 9.17) is 9.26 Å². The standard InChI is InChI=1S/C19H20N2O6/c1-5-26-18(23)19(12(4)22)14(13-8-6-10(2)7-9-13)15(19)17-16(21(24)25)11(3)20-27-17/h6-9,14-15H,5H2,1-4H3/t14-,15+,19+/m1/s1. The van der Waals surface area contributed by atoms with Crippen molar-refractivity contribution in [1.82, 2.24) is 5.16 Å². The van der Waals surface area contributed by atoms with Crippen molar-refractivity contribution in [2.45, 2.75) is 39.5 Å². The predicted molar refractivity (Wildman–Crippen MR) is 94.3 cm³/mol. The zero-order valence-corrected chi connectivity index (χ0v) is 15.5. The Kier molecular flexibility index (Phi) is 4.59. The SMILES string of the molecule is CCOC(=O)[C@@]1(C(C)=O)[C@H](c2ccc(C)cc2)[C@H]1c1onc(C)c1[N+](=O)[O-]. The van der Waals surface area contributed by atoms with Gasteiger partial charge in [-0.1, -0.05) is 35.0 Å². The highest BCUT2D eigenvalue weighted by molar-refractivity contribution is 6.09. The van der Waals surface area contributed by atoms with Crippen molar-refractivity contribution in [3.8, 4) is 0 Å². The summed E-state index contributed by atoms with van der Waals surface area (Å²) in [5.74, 6) is -2.62. The summed E-state index contributed by atoms with van der Waals surface area (Å²) in [7, 11) is 0. The first-order valence-electron chi connectivity index (χ1n) is 8.62. The van der Waals surface area contributed by atoms with Crippen molar-refractivity contribution in [1.29, 1.82) is 0 Å². The van der Waals surface area contributed by atoms with Crippen LogP contribution in [0.4, 0.5) is 5.69 Å². The van der Waals surface area contributed by atoms with Gasteiger partial charge >= 0.3 is 11.7 Å². The molecule has 142 valence electrons. The summed E-state index contributed by atoms with van der Waals surface area (Å²) >= 11 is 0. The number of aromatic nitrogens is 1. The van der Waals surface area contributed by atoms with Crippen molar-refractivity contribution in [3.05, 3.63) is 57.0 Å². The third kappa shape index (κ3) is 2.72.